The SMILES string of the molecule is CN1CCN(CC(NC(=O)COc2ccc(Oc3ccccc3)cc2)c2ccccc2)CC1. The molecule has 4 rings (SSSR count). The van der Waals surface area contributed by atoms with E-state index in [1.54, 1.807) is 0 Å². The molecule has 33 heavy (non-hydrogen) atoms. The fourth-order valence-corrected chi connectivity index (χ4v) is 3.82. The number of piperazine rings is 1. The Morgan fingerprint density at radius 2 is 1.39 bits per heavy atom. The molecule has 3 aromatic carbocycles. The maximum Gasteiger partial charge on any atom is 0.258 e. The predicted molar refractivity (Wildman–Crippen MR) is 130 cm³/mol. The molecule has 1 unspecified atom stereocenters. The molecular formula is C27H31N3O3. The molecule has 0 saturated carbocycles. The molecule has 1 amide bonds. The average Bonchev–Trinajstić information content (AvgIpc) is 2.86. The summed E-state index contributed by atoms with van der Waals surface area (Å²) in [5.74, 6) is 1.98. The molecule has 1 atom stereocenters. The summed E-state index contributed by atoms with van der Waals surface area (Å²) in [6.45, 7) is 4.85. The van der Waals surface area contributed by atoms with E-state index < -0.39 is 0 Å². The maximum absolute atomic E-state index is 12.7. The van der Waals surface area contributed by atoms with Gasteiger partial charge in [0, 0.05) is 32.7 Å². The average molecular weight is 446 g/mol. The van der Waals surface area contributed by atoms with Gasteiger partial charge in [0.1, 0.15) is 17.2 Å². The molecule has 0 aromatic heterocycles. The lowest BCUT2D eigenvalue weighted by Crippen LogP contribution is -2.48. The zero-order valence-electron chi connectivity index (χ0n) is 19.0. The number of amides is 1. The van der Waals surface area contributed by atoms with Gasteiger partial charge in [0.05, 0.1) is 6.04 Å². The van der Waals surface area contributed by atoms with Gasteiger partial charge in [0.25, 0.3) is 5.91 Å². The van der Waals surface area contributed by atoms with Crippen molar-refractivity contribution in [2.45, 2.75) is 6.04 Å². The molecule has 1 aliphatic heterocycles. The van der Waals surface area contributed by atoms with Crippen molar-refractivity contribution in [2.24, 2.45) is 0 Å². The molecule has 0 spiro atoms. The Kier molecular flexibility index (Phi) is 7.95. The Balaban J connectivity index is 1.30. The van der Waals surface area contributed by atoms with Crippen molar-refractivity contribution in [2.75, 3.05) is 46.4 Å². The van der Waals surface area contributed by atoms with Crippen molar-refractivity contribution in [3.63, 3.8) is 0 Å². The molecule has 1 N–H and O–H groups in total. The van der Waals surface area contributed by atoms with Gasteiger partial charge in [0.15, 0.2) is 6.61 Å². The number of benzene rings is 3. The highest BCUT2D eigenvalue weighted by molar-refractivity contribution is 5.78. The van der Waals surface area contributed by atoms with Crippen LogP contribution in [0.5, 0.6) is 17.2 Å². The van der Waals surface area contributed by atoms with Crippen LogP contribution >= 0.6 is 0 Å². The van der Waals surface area contributed by atoms with E-state index in [-0.39, 0.29) is 18.6 Å². The van der Waals surface area contributed by atoms with Crippen LogP contribution in [0.4, 0.5) is 0 Å². The van der Waals surface area contributed by atoms with Gasteiger partial charge >= 0.3 is 0 Å². The number of ether oxygens (including phenoxy) is 2. The van der Waals surface area contributed by atoms with Gasteiger partial charge in [-0.2, -0.15) is 0 Å². The van der Waals surface area contributed by atoms with Crippen LogP contribution in [-0.2, 0) is 4.79 Å². The van der Waals surface area contributed by atoms with Crippen LogP contribution in [0, 0.1) is 0 Å². The third-order valence-electron chi connectivity index (χ3n) is 5.75. The Morgan fingerprint density at radius 3 is 2.06 bits per heavy atom. The highest BCUT2D eigenvalue weighted by Crippen LogP contribution is 2.23. The monoisotopic (exact) mass is 445 g/mol. The van der Waals surface area contributed by atoms with Crippen molar-refractivity contribution < 1.29 is 14.3 Å². The normalized spacial score (nSPS) is 15.5. The second-order valence-electron chi connectivity index (χ2n) is 8.31. The highest BCUT2D eigenvalue weighted by Gasteiger charge is 2.21. The van der Waals surface area contributed by atoms with Crippen molar-refractivity contribution >= 4 is 5.91 Å². The maximum atomic E-state index is 12.7. The third-order valence-corrected chi connectivity index (χ3v) is 5.75. The molecule has 1 saturated heterocycles. The second kappa shape index (κ2) is 11.5. The van der Waals surface area contributed by atoms with Gasteiger partial charge in [-0.3, -0.25) is 9.69 Å². The number of carbonyl (C=O) groups excluding carboxylic acids is 1. The summed E-state index contributed by atoms with van der Waals surface area (Å²) >= 11 is 0. The first kappa shape index (κ1) is 22.8. The zero-order chi connectivity index (χ0) is 22.9. The van der Waals surface area contributed by atoms with Gasteiger partial charge < -0.3 is 19.7 Å². The minimum absolute atomic E-state index is 0.0367. The molecule has 1 heterocycles. The largest absolute Gasteiger partial charge is 0.484 e. The number of rotatable bonds is 9. The summed E-state index contributed by atoms with van der Waals surface area (Å²) in [6, 6.07) is 27.0. The van der Waals surface area contributed by atoms with Crippen LogP contribution in [0.1, 0.15) is 11.6 Å². The van der Waals surface area contributed by atoms with Crippen LogP contribution in [0.2, 0.25) is 0 Å². The number of nitrogens with one attached hydrogen (secondary N) is 1. The van der Waals surface area contributed by atoms with E-state index in [1.165, 1.54) is 0 Å². The molecule has 6 nitrogen and oxygen atoms in total. The fraction of sp³-hybridized carbons (Fsp3) is 0.296. The second-order valence-corrected chi connectivity index (χ2v) is 8.31. The van der Waals surface area contributed by atoms with Gasteiger partial charge in [-0.05, 0) is 49.0 Å². The fourth-order valence-electron chi connectivity index (χ4n) is 3.82. The van der Waals surface area contributed by atoms with Crippen LogP contribution in [0.15, 0.2) is 84.9 Å². The highest BCUT2D eigenvalue weighted by atomic mass is 16.5. The van der Waals surface area contributed by atoms with Crippen molar-refractivity contribution in [3.05, 3.63) is 90.5 Å². The van der Waals surface area contributed by atoms with E-state index in [1.807, 2.05) is 72.8 Å². The Morgan fingerprint density at radius 1 is 0.818 bits per heavy atom. The van der Waals surface area contributed by atoms with Gasteiger partial charge in [-0.1, -0.05) is 48.5 Å². The molecule has 3 aromatic rings. The van der Waals surface area contributed by atoms with E-state index in [0.29, 0.717) is 11.5 Å². The zero-order valence-corrected chi connectivity index (χ0v) is 19.0. The topological polar surface area (TPSA) is 54.0 Å². The Hall–Kier alpha value is -3.35. The summed E-state index contributed by atoms with van der Waals surface area (Å²) in [6.07, 6.45) is 0. The van der Waals surface area contributed by atoms with Crippen LogP contribution < -0.4 is 14.8 Å². The van der Waals surface area contributed by atoms with Crippen molar-refractivity contribution in [1.82, 2.24) is 15.1 Å². The quantitative estimate of drug-likeness (QED) is 0.540. The molecule has 0 bridgehead atoms. The van der Waals surface area contributed by atoms with E-state index in [2.05, 4.69) is 34.3 Å². The van der Waals surface area contributed by atoms with Crippen LogP contribution in [-0.4, -0.2) is 62.1 Å². The third kappa shape index (κ3) is 7.07. The standard InChI is InChI=1S/C27H31N3O3/c1-29-16-18-30(19-17-29)20-26(22-8-4-2-5-9-22)28-27(31)21-32-23-12-14-25(15-13-23)33-24-10-6-3-7-11-24/h2-15,26H,16-21H2,1H3,(H,28,31). The molecular weight excluding hydrogens is 414 g/mol. The van der Waals surface area contributed by atoms with E-state index in [0.717, 1.165) is 44.0 Å². The van der Waals surface area contributed by atoms with E-state index in [4.69, 9.17) is 9.47 Å². The molecule has 172 valence electrons. The summed E-state index contributed by atoms with van der Waals surface area (Å²) in [5.41, 5.74) is 1.10. The smallest absolute Gasteiger partial charge is 0.258 e. The van der Waals surface area contributed by atoms with Gasteiger partial charge in [0.2, 0.25) is 0 Å². The van der Waals surface area contributed by atoms with Crippen molar-refractivity contribution in [1.29, 1.82) is 0 Å². The van der Waals surface area contributed by atoms with E-state index >= 15 is 0 Å². The molecule has 0 aliphatic carbocycles. The molecule has 1 fully saturated rings. The number of hydrogen-bond donors (Lipinski definition) is 1. The molecule has 6 heteroatoms. The molecule has 0 radical (unpaired) electrons. The first-order valence-electron chi connectivity index (χ1n) is 11.4. The van der Waals surface area contributed by atoms with Gasteiger partial charge in [-0.25, -0.2) is 0 Å². The Labute approximate surface area is 195 Å². The van der Waals surface area contributed by atoms with Gasteiger partial charge in [-0.15, -0.1) is 0 Å². The summed E-state index contributed by atoms with van der Waals surface area (Å²) in [7, 11) is 2.14. The number of hydrogen-bond acceptors (Lipinski definition) is 5. The lowest BCUT2D eigenvalue weighted by atomic mass is 10.1. The summed E-state index contributed by atoms with van der Waals surface area (Å²) in [5, 5.41) is 3.16. The first-order valence-corrected chi connectivity index (χ1v) is 11.4. The summed E-state index contributed by atoms with van der Waals surface area (Å²) in [4.78, 5) is 17.5. The molecule has 1 aliphatic rings. The Bertz CT molecular complexity index is 988. The number of nitrogens with zero attached hydrogens (tertiary/aromatic N) is 2. The van der Waals surface area contributed by atoms with Crippen LogP contribution in [0.25, 0.3) is 0 Å². The lowest BCUT2D eigenvalue weighted by Gasteiger charge is -2.35. The minimum Gasteiger partial charge on any atom is -0.484 e. The lowest BCUT2D eigenvalue weighted by molar-refractivity contribution is -0.124. The van der Waals surface area contributed by atoms with E-state index in [9.17, 15) is 4.79 Å². The number of para-hydroxylation sites is 1. The summed E-state index contributed by atoms with van der Waals surface area (Å²) < 4.78 is 11.5. The number of carbonyl (C=O) groups is 1. The number of likely N-dealkylation sites (N-methyl/N-ethyl adjacent to an activating group) is 1. The predicted octanol–water partition coefficient (Wildman–Crippen LogP) is 3.96. The minimum atomic E-state index is -0.136. The van der Waals surface area contributed by atoms with Crippen LogP contribution in [0.3, 0.4) is 0 Å². The first-order chi connectivity index (χ1) is 16.2. The van der Waals surface area contributed by atoms with Crippen molar-refractivity contribution in [3.8, 4) is 17.2 Å².